The van der Waals surface area contributed by atoms with Crippen LogP contribution in [0.1, 0.15) is 16.1 Å². The van der Waals surface area contributed by atoms with Gasteiger partial charge in [-0.05, 0) is 24.3 Å². The maximum absolute atomic E-state index is 12.2. The van der Waals surface area contributed by atoms with Crippen LogP contribution < -0.4 is 10.1 Å². The number of carbonyl (C=O) groups excluding carboxylic acids is 1. The van der Waals surface area contributed by atoms with Gasteiger partial charge < -0.3 is 14.6 Å². The van der Waals surface area contributed by atoms with Crippen molar-refractivity contribution in [2.45, 2.75) is 6.54 Å². The fraction of sp³-hybridized carbons (Fsp3) is 0.214. The average molecular weight is 392 g/mol. The number of rotatable bonds is 4. The van der Waals surface area contributed by atoms with E-state index in [9.17, 15) is 4.79 Å². The van der Waals surface area contributed by atoms with Crippen molar-refractivity contribution in [2.24, 2.45) is 7.05 Å². The van der Waals surface area contributed by atoms with E-state index in [1.165, 1.54) is 10.6 Å². The molecule has 0 atom stereocenters. The molecule has 0 bridgehead atoms. The maximum atomic E-state index is 12.2. The van der Waals surface area contributed by atoms with Crippen LogP contribution in [0, 0.1) is 0 Å². The number of methoxy groups -OCH3 is 1. The van der Waals surface area contributed by atoms with Crippen molar-refractivity contribution in [3.63, 3.8) is 0 Å². The summed E-state index contributed by atoms with van der Waals surface area (Å²) in [7, 11) is 3.27. The van der Waals surface area contributed by atoms with Gasteiger partial charge in [0.1, 0.15) is 16.6 Å². The molecule has 0 saturated carbocycles. The highest BCUT2D eigenvalue weighted by Crippen LogP contribution is 2.26. The van der Waals surface area contributed by atoms with E-state index in [1.54, 1.807) is 14.2 Å². The molecule has 21 heavy (non-hydrogen) atoms. The number of nitrogens with one attached hydrogen (secondary N) is 1. The first-order valence-electron chi connectivity index (χ1n) is 6.05. The van der Waals surface area contributed by atoms with Crippen molar-refractivity contribution >= 4 is 45.0 Å². The molecule has 0 spiro atoms. The second kappa shape index (κ2) is 6.73. The Hall–Kier alpha value is -1.17. The molecule has 0 aliphatic carbocycles. The number of aromatic nitrogens is 1. The van der Waals surface area contributed by atoms with Crippen LogP contribution in [0.25, 0.3) is 0 Å². The van der Waals surface area contributed by atoms with Crippen LogP contribution in [-0.2, 0) is 13.6 Å². The fourth-order valence-electron chi connectivity index (χ4n) is 1.91. The standard InChI is InChI=1S/C14H13BrCl2N2O2/c1-19-11(6-10(16)13(19)17)14(20)18-7-8-5-9(15)3-4-12(8)21-2/h3-6H,7H2,1-2H3,(H,18,20). The normalized spacial score (nSPS) is 10.5. The van der Waals surface area contributed by atoms with Gasteiger partial charge in [-0.3, -0.25) is 4.79 Å². The van der Waals surface area contributed by atoms with Crippen molar-refractivity contribution in [1.82, 2.24) is 9.88 Å². The predicted octanol–water partition coefficient (Wildman–Crippen LogP) is 4.03. The third kappa shape index (κ3) is 3.54. The first kappa shape index (κ1) is 16.2. The molecule has 2 aromatic rings. The molecule has 1 N–H and O–H groups in total. The molecular weight excluding hydrogens is 379 g/mol. The third-order valence-electron chi connectivity index (χ3n) is 3.03. The lowest BCUT2D eigenvalue weighted by Crippen LogP contribution is -2.25. The van der Waals surface area contributed by atoms with Crippen molar-refractivity contribution in [2.75, 3.05) is 7.11 Å². The Bertz CT molecular complexity index is 686. The highest BCUT2D eigenvalue weighted by atomic mass is 79.9. The minimum atomic E-state index is -0.256. The second-order valence-electron chi connectivity index (χ2n) is 4.37. The second-order valence-corrected chi connectivity index (χ2v) is 6.05. The molecule has 4 nitrogen and oxygen atoms in total. The Balaban J connectivity index is 2.14. The van der Waals surface area contributed by atoms with Gasteiger partial charge in [-0.1, -0.05) is 39.1 Å². The van der Waals surface area contributed by atoms with E-state index in [-0.39, 0.29) is 5.91 Å². The minimum absolute atomic E-state index is 0.256. The first-order chi connectivity index (χ1) is 9.93. The molecule has 0 radical (unpaired) electrons. The van der Waals surface area contributed by atoms with Gasteiger partial charge in [-0.2, -0.15) is 0 Å². The summed E-state index contributed by atoms with van der Waals surface area (Å²) in [5.74, 6) is 0.453. The molecule has 1 aromatic heterocycles. The van der Waals surface area contributed by atoms with E-state index in [2.05, 4.69) is 21.2 Å². The Kier molecular flexibility index (Phi) is 5.19. The predicted molar refractivity (Wildman–Crippen MR) is 87.3 cm³/mol. The molecule has 0 fully saturated rings. The van der Waals surface area contributed by atoms with Crippen molar-refractivity contribution in [1.29, 1.82) is 0 Å². The fourth-order valence-corrected chi connectivity index (χ4v) is 2.70. The number of benzene rings is 1. The first-order valence-corrected chi connectivity index (χ1v) is 7.60. The van der Waals surface area contributed by atoms with Crippen LogP contribution in [0.2, 0.25) is 10.2 Å². The van der Waals surface area contributed by atoms with Crippen molar-refractivity contribution in [3.8, 4) is 5.75 Å². The molecule has 7 heteroatoms. The largest absolute Gasteiger partial charge is 0.496 e. The summed E-state index contributed by atoms with van der Waals surface area (Å²) in [5.41, 5.74) is 1.27. The number of amides is 1. The highest BCUT2D eigenvalue weighted by molar-refractivity contribution is 9.10. The Morgan fingerprint density at radius 1 is 1.38 bits per heavy atom. The summed E-state index contributed by atoms with van der Waals surface area (Å²) in [6, 6.07) is 7.14. The summed E-state index contributed by atoms with van der Waals surface area (Å²) in [6.07, 6.45) is 0. The SMILES string of the molecule is COc1ccc(Br)cc1CNC(=O)c1cc(Cl)c(Cl)n1C. The molecule has 112 valence electrons. The zero-order valence-corrected chi connectivity index (χ0v) is 14.5. The molecule has 1 amide bonds. The molecule has 1 aromatic carbocycles. The summed E-state index contributed by atoms with van der Waals surface area (Å²) in [4.78, 5) is 12.2. The van der Waals surface area contributed by atoms with Crippen LogP contribution >= 0.6 is 39.1 Å². The lowest BCUT2D eigenvalue weighted by Gasteiger charge is -2.10. The zero-order chi connectivity index (χ0) is 15.6. The van der Waals surface area contributed by atoms with Gasteiger partial charge in [0.2, 0.25) is 0 Å². The van der Waals surface area contributed by atoms with E-state index in [0.29, 0.717) is 28.2 Å². The Labute approximate surface area is 141 Å². The van der Waals surface area contributed by atoms with Crippen molar-refractivity contribution < 1.29 is 9.53 Å². The molecule has 0 aliphatic rings. The monoisotopic (exact) mass is 390 g/mol. The van der Waals surface area contributed by atoms with Crippen LogP contribution in [0.4, 0.5) is 0 Å². The maximum Gasteiger partial charge on any atom is 0.268 e. The number of halogens is 3. The molecule has 0 aliphatic heterocycles. The molecule has 1 heterocycles. The minimum Gasteiger partial charge on any atom is -0.496 e. The van der Waals surface area contributed by atoms with Gasteiger partial charge in [0.15, 0.2) is 0 Å². The smallest absolute Gasteiger partial charge is 0.268 e. The summed E-state index contributed by atoms with van der Waals surface area (Å²) >= 11 is 15.3. The molecule has 0 unspecified atom stereocenters. The Morgan fingerprint density at radius 3 is 2.67 bits per heavy atom. The van der Waals surface area contributed by atoms with Gasteiger partial charge in [0.25, 0.3) is 5.91 Å². The van der Waals surface area contributed by atoms with E-state index >= 15 is 0 Å². The lowest BCUT2D eigenvalue weighted by molar-refractivity contribution is 0.0942. The number of nitrogens with zero attached hydrogens (tertiary/aromatic N) is 1. The van der Waals surface area contributed by atoms with Crippen LogP contribution in [0.5, 0.6) is 5.75 Å². The molecular formula is C14H13BrCl2N2O2. The van der Waals surface area contributed by atoms with E-state index in [4.69, 9.17) is 27.9 Å². The zero-order valence-electron chi connectivity index (χ0n) is 11.4. The van der Waals surface area contributed by atoms with Gasteiger partial charge in [-0.15, -0.1) is 0 Å². The number of carbonyl (C=O) groups is 1. The van der Waals surface area contributed by atoms with Gasteiger partial charge in [0, 0.05) is 23.6 Å². The number of hydrogen-bond donors (Lipinski definition) is 1. The number of ether oxygens (including phenoxy) is 1. The van der Waals surface area contributed by atoms with Gasteiger partial charge in [-0.25, -0.2) is 0 Å². The topological polar surface area (TPSA) is 43.3 Å². The molecule has 0 saturated heterocycles. The quantitative estimate of drug-likeness (QED) is 0.854. The van der Waals surface area contributed by atoms with E-state index in [0.717, 1.165) is 10.0 Å². The van der Waals surface area contributed by atoms with Crippen LogP contribution in [-0.4, -0.2) is 17.6 Å². The lowest BCUT2D eigenvalue weighted by atomic mass is 10.2. The average Bonchev–Trinajstić information content (AvgIpc) is 2.72. The summed E-state index contributed by atoms with van der Waals surface area (Å²) < 4.78 is 7.72. The summed E-state index contributed by atoms with van der Waals surface area (Å²) in [5, 5.41) is 3.51. The van der Waals surface area contributed by atoms with E-state index in [1.807, 2.05) is 18.2 Å². The van der Waals surface area contributed by atoms with Crippen molar-refractivity contribution in [3.05, 3.63) is 50.2 Å². The van der Waals surface area contributed by atoms with Crippen LogP contribution in [0.15, 0.2) is 28.7 Å². The van der Waals surface area contributed by atoms with Gasteiger partial charge >= 0.3 is 0 Å². The number of hydrogen-bond acceptors (Lipinski definition) is 2. The highest BCUT2D eigenvalue weighted by Gasteiger charge is 2.16. The Morgan fingerprint density at radius 2 is 2.10 bits per heavy atom. The third-order valence-corrected chi connectivity index (χ3v) is 4.37. The summed E-state index contributed by atoms with van der Waals surface area (Å²) in [6.45, 7) is 0.335. The van der Waals surface area contributed by atoms with E-state index < -0.39 is 0 Å². The molecule has 2 rings (SSSR count). The van der Waals surface area contributed by atoms with Crippen LogP contribution in [0.3, 0.4) is 0 Å². The van der Waals surface area contributed by atoms with Gasteiger partial charge in [0.05, 0.1) is 12.1 Å².